The lowest BCUT2D eigenvalue weighted by Gasteiger charge is -2.43. The molecule has 2 unspecified atom stereocenters. The van der Waals surface area contributed by atoms with Gasteiger partial charge in [-0.05, 0) is 80.1 Å². The molecule has 1 fully saturated rings. The van der Waals surface area contributed by atoms with Crippen molar-refractivity contribution in [2.75, 3.05) is 13.1 Å². The summed E-state index contributed by atoms with van der Waals surface area (Å²) in [5.74, 6) is 1.07. The van der Waals surface area contributed by atoms with E-state index in [1.807, 2.05) is 13.0 Å². The normalized spacial score (nSPS) is 22.5. The van der Waals surface area contributed by atoms with Crippen LogP contribution in [0.5, 0.6) is 0 Å². The van der Waals surface area contributed by atoms with Crippen LogP contribution in [0.2, 0.25) is 0 Å². The standard InChI is InChI=1S/C29H38N4/c1-8-20(2)27-17-21(3)26(18-28(27)22(4)32-31-7)23(5)33-15-11-25(12-16-33)29(6)13-9-24(19-30)10-14-29/h9-10,13,17-18,20,25H,5,7-8,11-12,14-16H2,1-4,6H3/b32-22+. The highest BCUT2D eigenvalue weighted by Gasteiger charge is 2.35. The van der Waals surface area contributed by atoms with E-state index < -0.39 is 0 Å². The van der Waals surface area contributed by atoms with Gasteiger partial charge in [0.1, 0.15) is 0 Å². The smallest absolute Gasteiger partial charge is 0.0988 e. The molecular weight excluding hydrogens is 404 g/mol. The predicted octanol–water partition coefficient (Wildman–Crippen LogP) is 7.03. The van der Waals surface area contributed by atoms with E-state index in [1.54, 1.807) is 0 Å². The Bertz CT molecular complexity index is 1040. The molecule has 0 amide bonds. The van der Waals surface area contributed by atoms with Gasteiger partial charge in [0.2, 0.25) is 0 Å². The molecule has 1 saturated heterocycles. The molecule has 0 aromatic heterocycles. The SMILES string of the molecule is C=N/N=C(\C)c1cc(C(=C)N2CCC(C3(C)C=CC(C#N)=CC3)CC2)c(C)cc1C(C)CC. The van der Waals surface area contributed by atoms with Crippen LogP contribution < -0.4 is 0 Å². The first-order valence-electron chi connectivity index (χ1n) is 12.1. The van der Waals surface area contributed by atoms with Gasteiger partial charge in [0.15, 0.2) is 0 Å². The summed E-state index contributed by atoms with van der Waals surface area (Å²) in [4.78, 5) is 2.44. The molecule has 2 atom stereocenters. The summed E-state index contributed by atoms with van der Waals surface area (Å²) in [6.07, 6.45) is 10.7. The second-order valence-electron chi connectivity index (χ2n) is 9.91. The minimum Gasteiger partial charge on any atom is -0.372 e. The van der Waals surface area contributed by atoms with Crippen molar-refractivity contribution in [1.82, 2.24) is 4.90 Å². The van der Waals surface area contributed by atoms with Gasteiger partial charge in [-0.3, -0.25) is 0 Å². The van der Waals surface area contributed by atoms with Crippen molar-refractivity contribution in [2.24, 2.45) is 21.5 Å². The van der Waals surface area contributed by atoms with E-state index in [9.17, 15) is 0 Å². The van der Waals surface area contributed by atoms with Crippen molar-refractivity contribution in [3.8, 4) is 6.07 Å². The minimum atomic E-state index is 0.139. The first kappa shape index (κ1) is 24.7. The Morgan fingerprint density at radius 1 is 1.30 bits per heavy atom. The van der Waals surface area contributed by atoms with Gasteiger partial charge < -0.3 is 4.90 Å². The average molecular weight is 443 g/mol. The van der Waals surface area contributed by atoms with Gasteiger partial charge in [0.25, 0.3) is 0 Å². The summed E-state index contributed by atoms with van der Waals surface area (Å²) in [6, 6.07) is 6.83. The van der Waals surface area contributed by atoms with Gasteiger partial charge in [-0.2, -0.15) is 15.5 Å². The van der Waals surface area contributed by atoms with E-state index >= 15 is 0 Å². The maximum atomic E-state index is 9.14. The summed E-state index contributed by atoms with van der Waals surface area (Å²) in [5, 5.41) is 17.2. The molecule has 2 aliphatic rings. The van der Waals surface area contributed by atoms with Gasteiger partial charge in [-0.15, -0.1) is 0 Å². The molecule has 4 heteroatoms. The molecule has 0 spiro atoms. The predicted molar refractivity (Wildman–Crippen MR) is 141 cm³/mol. The van der Waals surface area contributed by atoms with E-state index in [4.69, 9.17) is 5.26 Å². The van der Waals surface area contributed by atoms with Gasteiger partial charge in [0, 0.05) is 42.2 Å². The van der Waals surface area contributed by atoms with Crippen LogP contribution >= 0.6 is 0 Å². The number of hydrogen-bond acceptors (Lipinski definition) is 4. The molecule has 0 N–H and O–H groups in total. The molecule has 1 heterocycles. The van der Waals surface area contributed by atoms with Crippen molar-refractivity contribution in [3.63, 3.8) is 0 Å². The lowest BCUT2D eigenvalue weighted by Crippen LogP contribution is -2.38. The molecule has 0 saturated carbocycles. The molecule has 0 radical (unpaired) electrons. The number of rotatable bonds is 7. The lowest BCUT2D eigenvalue weighted by atomic mass is 9.68. The molecule has 0 bridgehead atoms. The van der Waals surface area contributed by atoms with Crippen LogP contribution in [0.25, 0.3) is 5.70 Å². The number of piperidine rings is 1. The Balaban J connectivity index is 1.79. The highest BCUT2D eigenvalue weighted by atomic mass is 15.2. The number of aryl methyl sites for hydroxylation is 1. The van der Waals surface area contributed by atoms with Gasteiger partial charge in [0.05, 0.1) is 11.8 Å². The third-order valence-corrected chi connectivity index (χ3v) is 7.81. The van der Waals surface area contributed by atoms with Crippen molar-refractivity contribution < 1.29 is 0 Å². The maximum Gasteiger partial charge on any atom is 0.0988 e. The highest BCUT2D eigenvalue weighted by Crippen LogP contribution is 2.43. The fourth-order valence-corrected chi connectivity index (χ4v) is 5.25. The molecule has 33 heavy (non-hydrogen) atoms. The maximum absolute atomic E-state index is 9.14. The van der Waals surface area contributed by atoms with Crippen molar-refractivity contribution in [2.45, 2.75) is 66.2 Å². The van der Waals surface area contributed by atoms with Crippen molar-refractivity contribution >= 4 is 18.1 Å². The molecule has 4 nitrogen and oxygen atoms in total. The fraction of sp³-hybridized carbons (Fsp3) is 0.483. The van der Waals surface area contributed by atoms with Crippen LogP contribution in [0.4, 0.5) is 0 Å². The van der Waals surface area contributed by atoms with Crippen LogP contribution in [-0.2, 0) is 0 Å². The summed E-state index contributed by atoms with van der Waals surface area (Å²) in [7, 11) is 0. The van der Waals surface area contributed by atoms with Crippen LogP contribution in [-0.4, -0.2) is 30.4 Å². The molecule has 3 rings (SSSR count). The summed E-state index contributed by atoms with van der Waals surface area (Å²) in [6.45, 7) is 21.1. The highest BCUT2D eigenvalue weighted by molar-refractivity contribution is 6.01. The van der Waals surface area contributed by atoms with E-state index in [0.717, 1.165) is 61.3 Å². The summed E-state index contributed by atoms with van der Waals surface area (Å²) >= 11 is 0. The first-order valence-corrected chi connectivity index (χ1v) is 12.1. The zero-order valence-corrected chi connectivity index (χ0v) is 21.0. The zero-order chi connectivity index (χ0) is 24.2. The Hall–Kier alpha value is -2.93. The molecular formula is C29H38N4. The Kier molecular flexibility index (Phi) is 7.74. The average Bonchev–Trinajstić information content (AvgIpc) is 2.83. The third-order valence-electron chi connectivity index (χ3n) is 7.81. The van der Waals surface area contributed by atoms with E-state index in [1.165, 1.54) is 16.7 Å². The van der Waals surface area contributed by atoms with Crippen molar-refractivity contribution in [3.05, 3.63) is 64.8 Å². The number of benzene rings is 1. The second kappa shape index (κ2) is 10.3. The van der Waals surface area contributed by atoms with Gasteiger partial charge in [-0.25, -0.2) is 0 Å². The second-order valence-corrected chi connectivity index (χ2v) is 9.91. The fourth-order valence-electron chi connectivity index (χ4n) is 5.25. The molecule has 1 aromatic rings. The van der Waals surface area contributed by atoms with E-state index in [0.29, 0.717) is 11.8 Å². The van der Waals surface area contributed by atoms with Crippen LogP contribution in [0.15, 0.2) is 52.7 Å². The lowest BCUT2D eigenvalue weighted by molar-refractivity contribution is 0.153. The third kappa shape index (κ3) is 5.19. The van der Waals surface area contributed by atoms with E-state index in [2.05, 4.69) is 86.4 Å². The number of nitriles is 1. The van der Waals surface area contributed by atoms with E-state index in [-0.39, 0.29) is 5.41 Å². The van der Waals surface area contributed by atoms with Crippen LogP contribution in [0, 0.1) is 29.6 Å². The van der Waals surface area contributed by atoms with Gasteiger partial charge in [-0.1, -0.05) is 45.6 Å². The summed E-state index contributed by atoms with van der Waals surface area (Å²) in [5.41, 5.74) is 7.84. The number of nitrogens with zero attached hydrogens (tertiary/aromatic N) is 4. The number of hydrogen-bond donors (Lipinski definition) is 0. The topological polar surface area (TPSA) is 51.8 Å². The first-order chi connectivity index (χ1) is 15.7. The summed E-state index contributed by atoms with van der Waals surface area (Å²) < 4.78 is 0. The number of likely N-dealkylation sites (tertiary alicyclic amines) is 1. The molecule has 1 aliphatic heterocycles. The molecule has 174 valence electrons. The Labute approximate surface area is 200 Å². The molecule has 1 aromatic carbocycles. The Morgan fingerprint density at radius 3 is 2.55 bits per heavy atom. The van der Waals surface area contributed by atoms with Crippen LogP contribution in [0.1, 0.15) is 81.5 Å². The van der Waals surface area contributed by atoms with Gasteiger partial charge >= 0.3 is 0 Å². The Morgan fingerprint density at radius 2 is 2.00 bits per heavy atom. The number of allylic oxidation sites excluding steroid dienone is 4. The monoisotopic (exact) mass is 442 g/mol. The van der Waals surface area contributed by atoms with Crippen molar-refractivity contribution in [1.29, 1.82) is 5.26 Å². The minimum absolute atomic E-state index is 0.139. The zero-order valence-electron chi connectivity index (χ0n) is 21.0. The largest absolute Gasteiger partial charge is 0.372 e. The quantitative estimate of drug-likeness (QED) is 0.336. The molecule has 1 aliphatic carbocycles. The van der Waals surface area contributed by atoms with Crippen LogP contribution in [0.3, 0.4) is 0 Å².